The van der Waals surface area contributed by atoms with Gasteiger partial charge in [0.15, 0.2) is 0 Å². The molecule has 2 rings (SSSR count). The maximum atomic E-state index is 3.57. The average Bonchev–Trinajstić information content (AvgIpc) is 2.80. The molecule has 0 fully saturated rings. The largest absolute Gasteiger partial charge is 2.00 e. The molecule has 1 heteroatoms. The first-order valence-electron chi connectivity index (χ1n) is 9.62. The molecule has 0 aromatic carbocycles. The zero-order valence-corrected chi connectivity index (χ0v) is 22.0. The van der Waals surface area contributed by atoms with E-state index >= 15 is 0 Å². The van der Waals surface area contributed by atoms with E-state index in [1.807, 2.05) is 0 Å². The SMILES string of the molecule is CCCC1=[C-]C(C)(C)C(C)=C1C.CCCC1=[C-]C(C)(C)C(C)=C1C.[Sr+2]. The van der Waals surface area contributed by atoms with E-state index in [-0.39, 0.29) is 56.3 Å². The molecule has 0 unspecified atom stereocenters. The smallest absolute Gasteiger partial charge is 0.263 e. The van der Waals surface area contributed by atoms with Gasteiger partial charge in [-0.3, -0.25) is 12.2 Å². The van der Waals surface area contributed by atoms with Crippen LogP contribution >= 0.6 is 0 Å². The van der Waals surface area contributed by atoms with Crippen molar-refractivity contribution in [2.45, 2.75) is 94.9 Å². The van der Waals surface area contributed by atoms with Crippen LogP contribution in [0.25, 0.3) is 0 Å². The second kappa shape index (κ2) is 10.1. The van der Waals surface area contributed by atoms with Crippen molar-refractivity contribution in [1.82, 2.24) is 0 Å². The number of hydrogen-bond acceptors (Lipinski definition) is 0. The summed E-state index contributed by atoms with van der Waals surface area (Å²) < 4.78 is 0. The maximum Gasteiger partial charge on any atom is 2.00 e. The first-order valence-corrected chi connectivity index (χ1v) is 9.62. The molecule has 2 aliphatic carbocycles. The molecule has 0 saturated carbocycles. The summed E-state index contributed by atoms with van der Waals surface area (Å²) in [6.07, 6.45) is 12.0. The summed E-state index contributed by atoms with van der Waals surface area (Å²) in [5.74, 6) is 0. The summed E-state index contributed by atoms with van der Waals surface area (Å²) in [5, 5.41) is 0. The van der Waals surface area contributed by atoms with Gasteiger partial charge in [-0.25, -0.2) is 11.1 Å². The quantitative estimate of drug-likeness (QED) is 0.332. The molecule has 0 atom stereocenters. The van der Waals surface area contributed by atoms with Crippen molar-refractivity contribution in [1.29, 1.82) is 0 Å². The first kappa shape index (κ1) is 25.4. The summed E-state index contributed by atoms with van der Waals surface area (Å²) in [4.78, 5) is 0. The molecule has 0 aromatic heterocycles. The molecule has 0 nitrogen and oxygen atoms in total. The normalized spacial score (nSPS) is 20.7. The molecule has 0 aromatic rings. The second-order valence-corrected chi connectivity index (χ2v) is 8.46. The first-order chi connectivity index (χ1) is 11.0. The second-order valence-electron chi connectivity index (χ2n) is 8.46. The Morgan fingerprint density at radius 2 is 0.920 bits per heavy atom. The zero-order valence-electron chi connectivity index (χ0n) is 18.5. The van der Waals surface area contributed by atoms with E-state index in [0.717, 1.165) is 0 Å². The Balaban J connectivity index is 0.000000443. The third-order valence-electron chi connectivity index (χ3n) is 5.83. The predicted molar refractivity (Wildman–Crippen MR) is 113 cm³/mol. The standard InChI is InChI=1S/2C12H19.Sr/c2*1-6-7-11-8-12(4,5)10(3)9(11)2;/h2*6-7H2,1-5H3;/q2*-1;+2. The van der Waals surface area contributed by atoms with Crippen molar-refractivity contribution in [2.75, 3.05) is 0 Å². The van der Waals surface area contributed by atoms with E-state index in [1.165, 1.54) is 59.1 Å². The van der Waals surface area contributed by atoms with E-state index in [4.69, 9.17) is 0 Å². The van der Waals surface area contributed by atoms with Gasteiger partial charge < -0.3 is 0 Å². The van der Waals surface area contributed by atoms with Gasteiger partial charge >= 0.3 is 45.5 Å². The molecule has 0 bridgehead atoms. The van der Waals surface area contributed by atoms with Crippen LogP contribution in [0.5, 0.6) is 0 Å². The van der Waals surface area contributed by atoms with Crippen LogP contribution in [0, 0.1) is 23.0 Å². The fourth-order valence-electron chi connectivity index (χ4n) is 3.52. The van der Waals surface area contributed by atoms with Crippen LogP contribution < -0.4 is 0 Å². The van der Waals surface area contributed by atoms with Crippen LogP contribution in [-0.2, 0) is 0 Å². The van der Waals surface area contributed by atoms with Gasteiger partial charge in [-0.15, -0.1) is 13.8 Å². The Kier molecular flexibility index (Phi) is 10.3. The van der Waals surface area contributed by atoms with Crippen LogP contribution in [0.1, 0.15) is 94.9 Å². The van der Waals surface area contributed by atoms with E-state index < -0.39 is 0 Å². The molecule has 0 spiro atoms. The van der Waals surface area contributed by atoms with Crippen molar-refractivity contribution in [3.63, 3.8) is 0 Å². The zero-order chi connectivity index (χ0) is 18.7. The van der Waals surface area contributed by atoms with Gasteiger partial charge in [0.2, 0.25) is 0 Å². The molecule has 0 heterocycles. The Hall–Kier alpha value is 0.441. The maximum absolute atomic E-state index is 3.57. The van der Waals surface area contributed by atoms with Crippen molar-refractivity contribution in [3.8, 4) is 0 Å². The summed E-state index contributed by atoms with van der Waals surface area (Å²) in [5.41, 5.74) is 9.20. The molecular weight excluding hydrogens is 376 g/mol. The predicted octanol–water partition coefficient (Wildman–Crippen LogP) is 7.40. The van der Waals surface area contributed by atoms with Crippen molar-refractivity contribution in [3.05, 3.63) is 45.6 Å². The van der Waals surface area contributed by atoms with E-state index in [0.29, 0.717) is 0 Å². The Labute approximate surface area is 195 Å². The molecule has 0 saturated heterocycles. The van der Waals surface area contributed by atoms with Gasteiger partial charge in [0, 0.05) is 0 Å². The van der Waals surface area contributed by atoms with Gasteiger partial charge in [0.1, 0.15) is 0 Å². The molecule has 0 amide bonds. The van der Waals surface area contributed by atoms with Gasteiger partial charge in [0.25, 0.3) is 0 Å². The van der Waals surface area contributed by atoms with Gasteiger partial charge in [-0.05, 0) is 0 Å². The molecular formula is C24H38Sr. The van der Waals surface area contributed by atoms with Crippen LogP contribution in [-0.4, -0.2) is 45.5 Å². The number of allylic oxidation sites excluding steroid dienone is 8. The average molecular weight is 414 g/mol. The van der Waals surface area contributed by atoms with Crippen molar-refractivity contribution >= 4 is 45.5 Å². The van der Waals surface area contributed by atoms with E-state index in [1.54, 1.807) is 0 Å². The number of hydrogen-bond donors (Lipinski definition) is 0. The minimum absolute atomic E-state index is 0. The van der Waals surface area contributed by atoms with Gasteiger partial charge in [-0.1, -0.05) is 91.9 Å². The summed E-state index contributed by atoms with van der Waals surface area (Å²) >= 11 is 0. The minimum atomic E-state index is 0. The molecule has 0 radical (unpaired) electrons. The topological polar surface area (TPSA) is 0 Å². The van der Waals surface area contributed by atoms with Crippen LogP contribution in [0.4, 0.5) is 0 Å². The van der Waals surface area contributed by atoms with Crippen LogP contribution in [0.2, 0.25) is 0 Å². The minimum Gasteiger partial charge on any atom is -0.263 e. The van der Waals surface area contributed by atoms with Crippen molar-refractivity contribution < 1.29 is 0 Å². The number of rotatable bonds is 4. The summed E-state index contributed by atoms with van der Waals surface area (Å²) in [7, 11) is 0. The molecule has 0 aliphatic heterocycles. The summed E-state index contributed by atoms with van der Waals surface area (Å²) in [6, 6.07) is 0. The monoisotopic (exact) mass is 414 g/mol. The van der Waals surface area contributed by atoms with E-state index in [2.05, 4.69) is 81.4 Å². The Bertz CT molecular complexity index is 538. The fraction of sp³-hybridized carbons (Fsp3) is 0.667. The van der Waals surface area contributed by atoms with Crippen LogP contribution in [0.15, 0.2) is 33.4 Å². The molecule has 0 N–H and O–H groups in total. The van der Waals surface area contributed by atoms with Crippen LogP contribution in [0.3, 0.4) is 0 Å². The molecule has 25 heavy (non-hydrogen) atoms. The Morgan fingerprint density at radius 3 is 1.08 bits per heavy atom. The van der Waals surface area contributed by atoms with Gasteiger partial charge in [-0.2, -0.15) is 22.3 Å². The molecule has 2 aliphatic rings. The van der Waals surface area contributed by atoms with Gasteiger partial charge in [0.05, 0.1) is 0 Å². The van der Waals surface area contributed by atoms with E-state index in [9.17, 15) is 0 Å². The third-order valence-corrected chi connectivity index (χ3v) is 5.83. The van der Waals surface area contributed by atoms with Crippen molar-refractivity contribution in [2.24, 2.45) is 10.8 Å². The third kappa shape index (κ3) is 6.23. The fourth-order valence-corrected chi connectivity index (χ4v) is 3.52. The molecule has 136 valence electrons. The Morgan fingerprint density at radius 1 is 0.640 bits per heavy atom. The summed E-state index contributed by atoms with van der Waals surface area (Å²) in [6.45, 7) is 22.3.